The summed E-state index contributed by atoms with van der Waals surface area (Å²) in [6.45, 7) is 0.917. The van der Waals surface area contributed by atoms with E-state index >= 15 is 0 Å². The van der Waals surface area contributed by atoms with E-state index in [2.05, 4.69) is 5.32 Å². The van der Waals surface area contributed by atoms with Crippen LogP contribution in [0.25, 0.3) is 0 Å². The molecule has 2 rings (SSSR count). The lowest BCUT2D eigenvalue weighted by Crippen LogP contribution is -2.35. The van der Waals surface area contributed by atoms with E-state index in [-0.39, 0.29) is 16.8 Å². The Kier molecular flexibility index (Phi) is 4.81. The van der Waals surface area contributed by atoms with Gasteiger partial charge in [0.15, 0.2) is 0 Å². The lowest BCUT2D eigenvalue weighted by atomic mass is 9.96. The molecule has 112 valence electrons. The fourth-order valence-electron chi connectivity index (χ4n) is 2.57. The Hall–Kier alpha value is -0.940. The maximum absolute atomic E-state index is 13.0. The van der Waals surface area contributed by atoms with Crippen molar-refractivity contribution in [2.24, 2.45) is 0 Å². The monoisotopic (exact) mass is 307 g/mol. The summed E-state index contributed by atoms with van der Waals surface area (Å²) in [5.74, 6) is -0.306. The van der Waals surface area contributed by atoms with Crippen molar-refractivity contribution < 1.29 is 17.9 Å². The highest BCUT2D eigenvalue weighted by atomic mass is 35.5. The third-order valence-corrected chi connectivity index (χ3v) is 3.79. The minimum absolute atomic E-state index is 0.00753. The molecule has 0 aromatic heterocycles. The zero-order valence-electron chi connectivity index (χ0n) is 11.2. The van der Waals surface area contributed by atoms with Crippen LogP contribution in [0.3, 0.4) is 0 Å². The Morgan fingerprint density at radius 3 is 2.65 bits per heavy atom. The van der Waals surface area contributed by atoms with Crippen LogP contribution in [0.1, 0.15) is 30.4 Å². The van der Waals surface area contributed by atoms with Gasteiger partial charge in [-0.1, -0.05) is 18.0 Å². The third-order valence-electron chi connectivity index (χ3n) is 3.51. The van der Waals surface area contributed by atoms with Crippen molar-refractivity contribution in [3.8, 4) is 5.75 Å². The molecular formula is C14H17ClF3NO. The number of nitrogens with one attached hydrogen (secondary N) is 1. The van der Waals surface area contributed by atoms with Crippen LogP contribution in [0.15, 0.2) is 12.1 Å². The Bertz CT molecular complexity index is 470. The fraction of sp³-hybridized carbons (Fsp3) is 0.571. The van der Waals surface area contributed by atoms with Gasteiger partial charge in [-0.25, -0.2) is 0 Å². The standard InChI is InChI=1S/C14H17ClF3NO/c1-20-13-11(14(16,17)18)7-9(8-12(13)15)6-10-4-2-3-5-19-10/h7-8,10,19H,2-6H2,1H3. The molecule has 0 aliphatic carbocycles. The summed E-state index contributed by atoms with van der Waals surface area (Å²) >= 11 is 5.91. The number of halogens is 4. The van der Waals surface area contributed by atoms with Gasteiger partial charge in [0, 0.05) is 6.04 Å². The lowest BCUT2D eigenvalue weighted by Gasteiger charge is -2.24. The molecule has 1 fully saturated rings. The Labute approximate surface area is 121 Å². The minimum atomic E-state index is -4.47. The molecule has 0 spiro atoms. The van der Waals surface area contributed by atoms with Gasteiger partial charge in [-0.2, -0.15) is 13.2 Å². The highest BCUT2D eigenvalue weighted by Gasteiger charge is 2.36. The van der Waals surface area contributed by atoms with Gasteiger partial charge < -0.3 is 10.1 Å². The van der Waals surface area contributed by atoms with E-state index in [1.807, 2.05) is 0 Å². The van der Waals surface area contributed by atoms with Crippen LogP contribution in [0.2, 0.25) is 5.02 Å². The van der Waals surface area contributed by atoms with Crippen molar-refractivity contribution in [3.63, 3.8) is 0 Å². The number of ether oxygens (including phenoxy) is 1. The summed E-state index contributed by atoms with van der Waals surface area (Å²) in [6, 6.07) is 2.92. The summed E-state index contributed by atoms with van der Waals surface area (Å²) in [4.78, 5) is 0. The summed E-state index contributed by atoms with van der Waals surface area (Å²) in [5, 5.41) is 3.33. The molecular weight excluding hydrogens is 291 g/mol. The second kappa shape index (κ2) is 6.22. The highest BCUT2D eigenvalue weighted by Crippen LogP contribution is 2.41. The molecule has 0 bridgehead atoms. The number of hydrogen-bond donors (Lipinski definition) is 1. The maximum atomic E-state index is 13.0. The normalized spacial score (nSPS) is 19.9. The van der Waals surface area contributed by atoms with E-state index in [4.69, 9.17) is 16.3 Å². The van der Waals surface area contributed by atoms with Crippen LogP contribution >= 0.6 is 11.6 Å². The van der Waals surface area contributed by atoms with Gasteiger partial charge >= 0.3 is 6.18 Å². The van der Waals surface area contributed by atoms with Crippen molar-refractivity contribution >= 4 is 11.6 Å². The van der Waals surface area contributed by atoms with Crippen molar-refractivity contribution in [2.45, 2.75) is 37.9 Å². The maximum Gasteiger partial charge on any atom is 0.420 e. The molecule has 1 aromatic carbocycles. The summed E-state index contributed by atoms with van der Waals surface area (Å²) < 4.78 is 43.8. The molecule has 1 atom stereocenters. The first kappa shape index (κ1) is 15.4. The first-order valence-corrected chi connectivity index (χ1v) is 6.96. The van der Waals surface area contributed by atoms with Crippen LogP contribution in [0, 0.1) is 0 Å². The van der Waals surface area contributed by atoms with E-state index in [9.17, 15) is 13.2 Å². The molecule has 0 saturated carbocycles. The number of rotatable bonds is 3. The Morgan fingerprint density at radius 2 is 2.10 bits per heavy atom. The SMILES string of the molecule is COc1c(Cl)cc(CC2CCCCN2)cc1C(F)(F)F. The zero-order chi connectivity index (χ0) is 14.8. The number of benzene rings is 1. The number of hydrogen-bond acceptors (Lipinski definition) is 2. The van der Waals surface area contributed by atoms with Crippen LogP contribution in [-0.4, -0.2) is 19.7 Å². The first-order chi connectivity index (χ1) is 9.41. The van der Waals surface area contributed by atoms with E-state index in [1.54, 1.807) is 6.07 Å². The van der Waals surface area contributed by atoms with Gasteiger partial charge in [-0.3, -0.25) is 0 Å². The molecule has 1 aromatic rings. The Balaban J connectivity index is 2.28. The molecule has 1 aliphatic heterocycles. The number of piperidine rings is 1. The second-order valence-electron chi connectivity index (χ2n) is 5.01. The summed E-state index contributed by atoms with van der Waals surface area (Å²) in [7, 11) is 1.19. The van der Waals surface area contributed by atoms with Gasteiger partial charge in [0.1, 0.15) is 5.75 Å². The van der Waals surface area contributed by atoms with Crippen LogP contribution in [0.4, 0.5) is 13.2 Å². The molecule has 1 N–H and O–H groups in total. The molecule has 1 unspecified atom stereocenters. The van der Waals surface area contributed by atoms with E-state index < -0.39 is 11.7 Å². The first-order valence-electron chi connectivity index (χ1n) is 6.59. The largest absolute Gasteiger partial charge is 0.495 e. The Morgan fingerprint density at radius 1 is 1.35 bits per heavy atom. The molecule has 6 heteroatoms. The van der Waals surface area contributed by atoms with Gasteiger partial charge in [0.25, 0.3) is 0 Å². The quantitative estimate of drug-likeness (QED) is 0.909. The van der Waals surface area contributed by atoms with Crippen LogP contribution in [-0.2, 0) is 12.6 Å². The van der Waals surface area contributed by atoms with Gasteiger partial charge in [0.2, 0.25) is 0 Å². The molecule has 1 heterocycles. The van der Waals surface area contributed by atoms with Crippen molar-refractivity contribution in [1.82, 2.24) is 5.32 Å². The van der Waals surface area contributed by atoms with Crippen molar-refractivity contribution in [3.05, 3.63) is 28.3 Å². The molecule has 1 saturated heterocycles. The van der Waals surface area contributed by atoms with E-state index in [0.29, 0.717) is 12.0 Å². The lowest BCUT2D eigenvalue weighted by molar-refractivity contribution is -0.138. The van der Waals surface area contributed by atoms with Crippen molar-refractivity contribution in [1.29, 1.82) is 0 Å². The molecule has 0 radical (unpaired) electrons. The van der Waals surface area contributed by atoms with Crippen molar-refractivity contribution in [2.75, 3.05) is 13.7 Å². The predicted octanol–water partition coefficient (Wildman–Crippen LogP) is 4.05. The fourth-order valence-corrected chi connectivity index (χ4v) is 2.89. The smallest absolute Gasteiger partial charge is 0.420 e. The van der Waals surface area contributed by atoms with E-state index in [0.717, 1.165) is 31.9 Å². The number of methoxy groups -OCH3 is 1. The third kappa shape index (κ3) is 3.58. The van der Waals surface area contributed by atoms with Gasteiger partial charge in [0.05, 0.1) is 17.7 Å². The predicted molar refractivity (Wildman–Crippen MR) is 72.4 cm³/mol. The second-order valence-corrected chi connectivity index (χ2v) is 5.41. The highest BCUT2D eigenvalue weighted by molar-refractivity contribution is 6.32. The van der Waals surface area contributed by atoms with Gasteiger partial charge in [-0.05, 0) is 43.5 Å². The van der Waals surface area contributed by atoms with Gasteiger partial charge in [-0.15, -0.1) is 0 Å². The van der Waals surface area contributed by atoms with Crippen LogP contribution < -0.4 is 10.1 Å². The zero-order valence-corrected chi connectivity index (χ0v) is 11.9. The summed E-state index contributed by atoms with van der Waals surface area (Å²) in [6.07, 6.45) is -0.718. The molecule has 20 heavy (non-hydrogen) atoms. The topological polar surface area (TPSA) is 21.3 Å². The minimum Gasteiger partial charge on any atom is -0.495 e. The molecule has 2 nitrogen and oxygen atoms in total. The molecule has 0 amide bonds. The van der Waals surface area contributed by atoms with E-state index in [1.165, 1.54) is 7.11 Å². The average molecular weight is 308 g/mol. The average Bonchev–Trinajstić information content (AvgIpc) is 2.38. The summed E-state index contributed by atoms with van der Waals surface area (Å²) in [5.41, 5.74) is -0.221. The molecule has 1 aliphatic rings. The number of alkyl halides is 3. The van der Waals surface area contributed by atoms with Crippen LogP contribution in [0.5, 0.6) is 5.75 Å².